The Bertz CT molecular complexity index is 2870. The first kappa shape index (κ1) is 18.5. The second kappa shape index (κ2) is 14.9. The molecule has 0 amide bonds. The van der Waals surface area contributed by atoms with Crippen molar-refractivity contribution < 1.29 is 58.1 Å². The summed E-state index contributed by atoms with van der Waals surface area (Å²) in [6, 6.07) is 15.7. The number of hydrogen-bond donors (Lipinski definition) is 1. The minimum absolute atomic E-state index is 0.0447. The van der Waals surface area contributed by atoms with Crippen molar-refractivity contribution in [2.75, 3.05) is 33.9 Å². The lowest BCUT2D eigenvalue weighted by atomic mass is 10.0. The van der Waals surface area contributed by atoms with Gasteiger partial charge in [-0.05, 0) is 70.8 Å². The van der Waals surface area contributed by atoms with Crippen LogP contribution in [0.1, 0.15) is 67.6 Å². The van der Waals surface area contributed by atoms with E-state index in [1.165, 1.54) is 54.9 Å². The van der Waals surface area contributed by atoms with E-state index in [-0.39, 0.29) is 57.6 Å². The number of nitro benzene ring substituents is 1. The standard InChI is InChI=1S/C19H18N2O5.C19H20N2O3/c1-20-11-14(16-10-15(21(23)24)6-7-17(16)20)8-12-4-5-13(19(22)26-3)9-18(12)25-2;1-21-11-14(16-10-15(20)6-7-17(16)21)8-12-4-5-13(19(22)24-3)9-18(12)23-2/h4-7,9-11H,8H2,1-3H3;4-7,9-11H,8,20H2,1-3H3/i2*1D3,2D3,3D3. The number of benzene rings is 4. The number of fused-ring (bicyclic) bond motifs is 2. The SMILES string of the molecule is [2H]C([2H])([2H])OC(=O)c1ccc(Cc2cn(C([2H])([2H])[2H])c3ccc(N)cc23)c(OC([2H])([2H])[2H])c1.[2H]C([2H])([2H])OC(=O)c1ccc(Cc2cn(C([2H])([2H])[2H])c3ccc([N+](=O)[O-])cc23)c(OC([2H])([2H])[2H])c1. The van der Waals surface area contributed by atoms with Crippen LogP contribution in [0.2, 0.25) is 0 Å². The maximum absolute atomic E-state index is 12.1. The molecule has 2 N–H and O–H groups in total. The summed E-state index contributed by atoms with van der Waals surface area (Å²) in [6.45, 7) is -5.07. The van der Waals surface area contributed by atoms with Gasteiger partial charge in [0.05, 0.1) is 60.7 Å². The molecule has 0 atom stereocenters. The lowest BCUT2D eigenvalue weighted by Gasteiger charge is -2.10. The highest BCUT2D eigenvalue weighted by Gasteiger charge is 2.17. The number of aryl methyl sites for hydroxylation is 2. The van der Waals surface area contributed by atoms with E-state index in [1.54, 1.807) is 18.2 Å². The topological polar surface area (TPSA) is 150 Å². The maximum atomic E-state index is 12.1. The van der Waals surface area contributed by atoms with Crippen LogP contribution in [0, 0.1) is 10.1 Å². The predicted octanol–water partition coefficient (Wildman–Crippen LogP) is 6.62. The molecule has 0 saturated carbocycles. The summed E-state index contributed by atoms with van der Waals surface area (Å²) < 4.78 is 154. The molecule has 6 rings (SSSR count). The minimum atomic E-state index is -3.02. The number of aromatic nitrogens is 2. The summed E-state index contributed by atoms with van der Waals surface area (Å²) in [5.41, 5.74) is 7.48. The molecule has 6 aromatic rings. The average Bonchev–Trinajstić information content (AvgIpc) is 3.72. The molecule has 2 aromatic heterocycles. The average molecular weight is 697 g/mol. The number of carbonyl (C=O) groups is 2. The van der Waals surface area contributed by atoms with Gasteiger partial charge in [0.15, 0.2) is 0 Å². The third kappa shape index (κ3) is 7.24. The smallest absolute Gasteiger partial charge is 0.337 e. The number of non-ortho nitro benzene ring substituents is 1. The number of nitro groups is 1. The first-order valence-corrected chi connectivity index (χ1v) is 14.3. The van der Waals surface area contributed by atoms with Gasteiger partial charge >= 0.3 is 11.9 Å². The quantitative estimate of drug-likeness (QED) is 0.0762. The summed E-state index contributed by atoms with van der Waals surface area (Å²) in [5, 5.41) is 12.1. The van der Waals surface area contributed by atoms with E-state index >= 15 is 0 Å². The van der Waals surface area contributed by atoms with Gasteiger partial charge in [0.25, 0.3) is 5.69 Å². The summed E-state index contributed by atoms with van der Waals surface area (Å²) in [4.78, 5) is 34.9. The Hall–Kier alpha value is -6.30. The fraction of sp³-hybridized carbons (Fsp3) is 0.211. The number of nitrogen functional groups attached to an aromatic ring is 1. The zero-order chi connectivity index (χ0) is 51.1. The zero-order valence-electron chi connectivity index (χ0n) is 43.7. The van der Waals surface area contributed by atoms with Crippen molar-refractivity contribution >= 4 is 45.1 Å². The predicted molar refractivity (Wildman–Crippen MR) is 191 cm³/mol. The molecule has 12 heteroatoms. The summed E-state index contributed by atoms with van der Waals surface area (Å²) in [5.74, 6) is -2.91. The number of methoxy groups -OCH3 is 4. The molecule has 258 valence electrons. The van der Waals surface area contributed by atoms with E-state index in [0.717, 1.165) is 21.3 Å². The van der Waals surface area contributed by atoms with Crippen LogP contribution < -0.4 is 15.2 Å². The molecular weight excluding hydrogens is 640 g/mol. The molecule has 0 saturated heterocycles. The number of anilines is 1. The Morgan fingerprint density at radius 3 is 1.70 bits per heavy atom. The van der Waals surface area contributed by atoms with E-state index in [1.807, 2.05) is 0 Å². The van der Waals surface area contributed by atoms with Gasteiger partial charge < -0.3 is 33.8 Å². The number of esters is 2. The molecule has 50 heavy (non-hydrogen) atoms. The van der Waals surface area contributed by atoms with Crippen LogP contribution in [0.4, 0.5) is 11.4 Å². The molecule has 12 nitrogen and oxygen atoms in total. The molecule has 0 fully saturated rings. The van der Waals surface area contributed by atoms with Gasteiger partial charge in [0, 0.05) is 87.0 Å². The third-order valence-corrected chi connectivity index (χ3v) is 7.77. The van der Waals surface area contributed by atoms with Crippen LogP contribution >= 0.6 is 0 Å². The Morgan fingerprint density at radius 1 is 0.700 bits per heavy atom. The highest BCUT2D eigenvalue weighted by atomic mass is 16.6. The normalized spacial score (nSPS) is 17.6. The van der Waals surface area contributed by atoms with Gasteiger partial charge in [0.1, 0.15) is 11.5 Å². The molecule has 0 aliphatic rings. The summed E-state index contributed by atoms with van der Waals surface area (Å²) >= 11 is 0. The fourth-order valence-corrected chi connectivity index (χ4v) is 5.37. The van der Waals surface area contributed by atoms with Gasteiger partial charge in [-0.3, -0.25) is 10.1 Å². The van der Waals surface area contributed by atoms with Crippen LogP contribution in [-0.4, -0.2) is 54.1 Å². The minimum Gasteiger partial charge on any atom is -0.496 e. The van der Waals surface area contributed by atoms with Crippen LogP contribution in [0.5, 0.6) is 11.5 Å². The first-order chi connectivity index (χ1) is 31.0. The molecule has 2 heterocycles. The highest BCUT2D eigenvalue weighted by Crippen LogP contribution is 2.31. The van der Waals surface area contributed by atoms with E-state index in [4.69, 9.17) is 39.9 Å². The highest BCUT2D eigenvalue weighted by molar-refractivity contribution is 5.91. The lowest BCUT2D eigenvalue weighted by Crippen LogP contribution is -2.03. The van der Waals surface area contributed by atoms with Crippen LogP contribution in [0.25, 0.3) is 21.8 Å². The summed E-state index contributed by atoms with van der Waals surface area (Å²) in [7, 11) is -11.8. The third-order valence-electron chi connectivity index (χ3n) is 7.77. The van der Waals surface area contributed by atoms with Crippen LogP contribution in [0.3, 0.4) is 0 Å². The van der Waals surface area contributed by atoms with Crippen molar-refractivity contribution in [3.63, 3.8) is 0 Å². The molecule has 4 aromatic carbocycles. The number of ether oxygens (including phenoxy) is 4. The second-order valence-electron chi connectivity index (χ2n) is 10.8. The Balaban J connectivity index is 0.000000255. The summed E-state index contributed by atoms with van der Waals surface area (Å²) in [6.07, 6.45) is 2.62. The molecule has 0 unspecified atom stereocenters. The molecule has 0 radical (unpaired) electrons. The largest absolute Gasteiger partial charge is 0.496 e. The van der Waals surface area contributed by atoms with E-state index < -0.39 is 59.0 Å². The Labute approximate surface area is 314 Å². The van der Waals surface area contributed by atoms with E-state index in [9.17, 15) is 19.7 Å². The van der Waals surface area contributed by atoms with E-state index in [2.05, 4.69) is 9.47 Å². The fourth-order valence-electron chi connectivity index (χ4n) is 5.37. The van der Waals surface area contributed by atoms with Crippen molar-refractivity contribution in [2.45, 2.75) is 12.8 Å². The number of carbonyl (C=O) groups excluding carboxylic acids is 2. The first-order valence-electron chi connectivity index (χ1n) is 23.3. The number of rotatable bonds is 9. The Morgan fingerprint density at radius 2 is 1.22 bits per heavy atom. The zero-order valence-corrected chi connectivity index (χ0v) is 25.7. The van der Waals surface area contributed by atoms with Crippen molar-refractivity contribution in [1.82, 2.24) is 9.13 Å². The van der Waals surface area contributed by atoms with Crippen LogP contribution in [0.15, 0.2) is 85.2 Å². The molecule has 0 aliphatic heterocycles. The molecular formula is C38H38N4O8. The van der Waals surface area contributed by atoms with Crippen molar-refractivity contribution in [3.05, 3.63) is 129 Å². The van der Waals surface area contributed by atoms with Gasteiger partial charge in [-0.15, -0.1) is 0 Å². The monoisotopic (exact) mass is 696 g/mol. The number of nitrogens with zero attached hydrogens (tertiary/aromatic N) is 3. The van der Waals surface area contributed by atoms with Gasteiger partial charge in [-0.1, -0.05) is 12.1 Å². The van der Waals surface area contributed by atoms with Gasteiger partial charge in [0.2, 0.25) is 0 Å². The lowest BCUT2D eigenvalue weighted by molar-refractivity contribution is -0.384. The van der Waals surface area contributed by atoms with Crippen molar-refractivity contribution in [2.24, 2.45) is 14.0 Å². The number of nitrogens with two attached hydrogens (primary N) is 1. The van der Waals surface area contributed by atoms with Gasteiger partial charge in [-0.25, -0.2) is 9.59 Å². The number of hydrogen-bond acceptors (Lipinski definition) is 9. The second-order valence-corrected chi connectivity index (χ2v) is 10.8. The molecule has 0 spiro atoms. The van der Waals surface area contributed by atoms with Crippen molar-refractivity contribution in [1.29, 1.82) is 0 Å². The van der Waals surface area contributed by atoms with E-state index in [0.29, 0.717) is 33.3 Å². The molecule has 0 aliphatic carbocycles. The van der Waals surface area contributed by atoms with Gasteiger partial charge in [-0.2, -0.15) is 0 Å². The van der Waals surface area contributed by atoms with Crippen LogP contribution in [-0.2, 0) is 36.3 Å². The maximum Gasteiger partial charge on any atom is 0.337 e. The Kier molecular flexibility index (Phi) is 5.48. The van der Waals surface area contributed by atoms with Crippen molar-refractivity contribution in [3.8, 4) is 11.5 Å². The molecule has 0 bridgehead atoms.